The zero-order valence-electron chi connectivity index (χ0n) is 11.1. The van der Waals surface area contributed by atoms with E-state index in [-0.39, 0.29) is 17.8 Å². The van der Waals surface area contributed by atoms with E-state index in [1.165, 1.54) is 6.26 Å². The Morgan fingerprint density at radius 3 is 2.25 bits per heavy atom. The van der Waals surface area contributed by atoms with Crippen LogP contribution in [-0.4, -0.2) is 5.97 Å². The van der Waals surface area contributed by atoms with E-state index in [0.717, 1.165) is 11.1 Å². The first kappa shape index (κ1) is 12.7. The van der Waals surface area contributed by atoms with Crippen LogP contribution in [0.3, 0.4) is 0 Å². The van der Waals surface area contributed by atoms with Crippen LogP contribution in [-0.2, 0) is 16.0 Å². The average Bonchev–Trinajstić information content (AvgIpc) is 2.51. The molecule has 20 heavy (non-hydrogen) atoms. The van der Waals surface area contributed by atoms with E-state index in [9.17, 15) is 4.79 Å². The Kier molecular flexibility index (Phi) is 3.64. The number of hydrogen-bond acceptors (Lipinski definition) is 2. The van der Waals surface area contributed by atoms with Crippen molar-refractivity contribution in [1.29, 1.82) is 0 Å². The van der Waals surface area contributed by atoms with E-state index >= 15 is 0 Å². The van der Waals surface area contributed by atoms with Gasteiger partial charge in [-0.2, -0.15) is 0 Å². The summed E-state index contributed by atoms with van der Waals surface area (Å²) in [6.07, 6.45) is 4.19. The van der Waals surface area contributed by atoms with E-state index in [1.807, 2.05) is 54.6 Å². The SMILES string of the molecule is O=C1OC=CC(c2ccccc2)C1Cc1ccccc1. The number of allylic oxidation sites excluding steroid dienone is 1. The van der Waals surface area contributed by atoms with Crippen molar-refractivity contribution in [3.8, 4) is 0 Å². The highest BCUT2D eigenvalue weighted by Gasteiger charge is 2.31. The number of carbonyl (C=O) groups is 1. The summed E-state index contributed by atoms with van der Waals surface area (Å²) in [6, 6.07) is 20.2. The zero-order chi connectivity index (χ0) is 13.8. The van der Waals surface area contributed by atoms with E-state index in [4.69, 9.17) is 4.74 Å². The minimum Gasteiger partial charge on any atom is -0.435 e. The Balaban J connectivity index is 1.89. The van der Waals surface area contributed by atoms with Crippen molar-refractivity contribution in [2.45, 2.75) is 12.3 Å². The topological polar surface area (TPSA) is 26.3 Å². The molecule has 2 unspecified atom stereocenters. The number of carbonyl (C=O) groups excluding carboxylic acids is 1. The number of hydrogen-bond donors (Lipinski definition) is 0. The highest BCUT2D eigenvalue weighted by molar-refractivity contribution is 5.76. The third-order valence-corrected chi connectivity index (χ3v) is 3.69. The summed E-state index contributed by atoms with van der Waals surface area (Å²) in [5.41, 5.74) is 2.31. The van der Waals surface area contributed by atoms with Gasteiger partial charge in [0.05, 0.1) is 12.2 Å². The normalized spacial score (nSPS) is 21.5. The maximum atomic E-state index is 12.1. The molecule has 0 radical (unpaired) electrons. The van der Waals surface area contributed by atoms with Crippen molar-refractivity contribution < 1.29 is 9.53 Å². The van der Waals surface area contributed by atoms with E-state index in [0.29, 0.717) is 6.42 Å². The van der Waals surface area contributed by atoms with Gasteiger partial charge in [-0.1, -0.05) is 60.7 Å². The van der Waals surface area contributed by atoms with Crippen molar-refractivity contribution >= 4 is 5.97 Å². The Labute approximate surface area is 118 Å². The fourth-order valence-electron chi connectivity index (χ4n) is 2.66. The summed E-state index contributed by atoms with van der Waals surface area (Å²) < 4.78 is 5.09. The molecule has 0 bridgehead atoms. The lowest BCUT2D eigenvalue weighted by Crippen LogP contribution is -2.27. The molecule has 2 aromatic carbocycles. The van der Waals surface area contributed by atoms with Crippen LogP contribution in [0.1, 0.15) is 17.0 Å². The summed E-state index contributed by atoms with van der Waals surface area (Å²) in [5, 5.41) is 0. The van der Waals surface area contributed by atoms with Crippen LogP contribution in [0.5, 0.6) is 0 Å². The molecule has 0 fully saturated rings. The highest BCUT2D eigenvalue weighted by Crippen LogP contribution is 2.32. The second-order valence-electron chi connectivity index (χ2n) is 5.00. The predicted octanol–water partition coefficient (Wildman–Crippen LogP) is 3.70. The Morgan fingerprint density at radius 1 is 0.900 bits per heavy atom. The molecule has 0 N–H and O–H groups in total. The van der Waals surface area contributed by atoms with Crippen LogP contribution in [0.25, 0.3) is 0 Å². The number of benzene rings is 2. The molecule has 3 rings (SSSR count). The van der Waals surface area contributed by atoms with Gasteiger partial charge in [-0.25, -0.2) is 0 Å². The number of cyclic esters (lactones) is 1. The molecule has 1 aliphatic heterocycles. The fourth-order valence-corrected chi connectivity index (χ4v) is 2.66. The molecular formula is C18H16O2. The molecule has 2 nitrogen and oxygen atoms in total. The van der Waals surface area contributed by atoms with Crippen LogP contribution < -0.4 is 0 Å². The van der Waals surface area contributed by atoms with Crippen LogP contribution in [0.2, 0.25) is 0 Å². The molecule has 0 amide bonds. The summed E-state index contributed by atoms with van der Waals surface area (Å²) >= 11 is 0. The maximum Gasteiger partial charge on any atom is 0.315 e. The van der Waals surface area contributed by atoms with Crippen molar-refractivity contribution in [3.63, 3.8) is 0 Å². The van der Waals surface area contributed by atoms with E-state index in [2.05, 4.69) is 12.1 Å². The lowest BCUT2D eigenvalue weighted by atomic mass is 9.81. The molecule has 2 aromatic rings. The first-order chi connectivity index (χ1) is 9.84. The van der Waals surface area contributed by atoms with Crippen LogP contribution in [0, 0.1) is 5.92 Å². The van der Waals surface area contributed by atoms with Crippen molar-refractivity contribution in [3.05, 3.63) is 84.1 Å². The Hall–Kier alpha value is -2.35. The first-order valence-electron chi connectivity index (χ1n) is 6.80. The van der Waals surface area contributed by atoms with Crippen LogP contribution >= 0.6 is 0 Å². The van der Waals surface area contributed by atoms with Gasteiger partial charge in [0.25, 0.3) is 0 Å². The third-order valence-electron chi connectivity index (χ3n) is 3.69. The molecule has 0 saturated heterocycles. The van der Waals surface area contributed by atoms with Crippen molar-refractivity contribution in [2.75, 3.05) is 0 Å². The fraction of sp³-hybridized carbons (Fsp3) is 0.167. The molecule has 100 valence electrons. The van der Waals surface area contributed by atoms with Crippen LogP contribution in [0.15, 0.2) is 73.0 Å². The molecule has 0 saturated carbocycles. The summed E-state index contributed by atoms with van der Waals surface area (Å²) in [6.45, 7) is 0. The van der Waals surface area contributed by atoms with E-state index < -0.39 is 0 Å². The van der Waals surface area contributed by atoms with Gasteiger partial charge >= 0.3 is 5.97 Å². The molecule has 2 heteroatoms. The predicted molar refractivity (Wildman–Crippen MR) is 78.1 cm³/mol. The second-order valence-corrected chi connectivity index (χ2v) is 5.00. The van der Waals surface area contributed by atoms with Gasteiger partial charge in [0.2, 0.25) is 0 Å². The number of esters is 1. The minimum atomic E-state index is -0.162. The zero-order valence-corrected chi connectivity index (χ0v) is 11.1. The van der Waals surface area contributed by atoms with Gasteiger partial charge in [-0.05, 0) is 23.6 Å². The molecule has 0 aromatic heterocycles. The Morgan fingerprint density at radius 2 is 1.55 bits per heavy atom. The summed E-state index contributed by atoms with van der Waals surface area (Å²) in [4.78, 5) is 12.1. The largest absolute Gasteiger partial charge is 0.435 e. The highest BCUT2D eigenvalue weighted by atomic mass is 16.5. The van der Waals surface area contributed by atoms with Gasteiger partial charge in [-0.15, -0.1) is 0 Å². The lowest BCUT2D eigenvalue weighted by molar-refractivity contribution is -0.144. The molecule has 1 aliphatic rings. The quantitative estimate of drug-likeness (QED) is 0.790. The van der Waals surface area contributed by atoms with Crippen molar-refractivity contribution in [1.82, 2.24) is 0 Å². The summed E-state index contributed by atoms with van der Waals surface area (Å²) in [7, 11) is 0. The smallest absolute Gasteiger partial charge is 0.315 e. The van der Waals surface area contributed by atoms with Gasteiger partial charge < -0.3 is 4.74 Å². The standard InChI is InChI=1S/C18H16O2/c19-18-17(13-14-7-3-1-4-8-14)16(11-12-20-18)15-9-5-2-6-10-15/h1-12,16-17H,13H2. The molecule has 0 aliphatic carbocycles. The average molecular weight is 264 g/mol. The Bertz CT molecular complexity index is 602. The molecule has 0 spiro atoms. The monoisotopic (exact) mass is 264 g/mol. The molecule has 2 atom stereocenters. The summed E-state index contributed by atoms with van der Waals surface area (Å²) in [5.74, 6) is -0.229. The lowest BCUT2D eigenvalue weighted by Gasteiger charge is -2.26. The van der Waals surface area contributed by atoms with Gasteiger partial charge in [0.1, 0.15) is 0 Å². The van der Waals surface area contributed by atoms with Gasteiger partial charge in [0.15, 0.2) is 0 Å². The second kappa shape index (κ2) is 5.74. The van der Waals surface area contributed by atoms with Gasteiger partial charge in [-0.3, -0.25) is 4.79 Å². The van der Waals surface area contributed by atoms with Crippen molar-refractivity contribution in [2.24, 2.45) is 5.92 Å². The van der Waals surface area contributed by atoms with E-state index in [1.54, 1.807) is 0 Å². The van der Waals surface area contributed by atoms with Gasteiger partial charge in [0, 0.05) is 5.92 Å². The molecule has 1 heterocycles. The van der Waals surface area contributed by atoms with Crippen LogP contribution in [0.4, 0.5) is 0 Å². The third kappa shape index (κ3) is 2.64. The number of ether oxygens (including phenoxy) is 1. The molecular weight excluding hydrogens is 248 g/mol. The first-order valence-corrected chi connectivity index (χ1v) is 6.80. The minimum absolute atomic E-state index is 0.0812. The maximum absolute atomic E-state index is 12.1. The number of rotatable bonds is 3.